The van der Waals surface area contributed by atoms with Gasteiger partial charge in [-0.3, -0.25) is 14.5 Å². The lowest BCUT2D eigenvalue weighted by atomic mass is 9.97. The van der Waals surface area contributed by atoms with Crippen LogP contribution in [0.2, 0.25) is 5.02 Å². The van der Waals surface area contributed by atoms with E-state index in [0.29, 0.717) is 6.20 Å². The van der Waals surface area contributed by atoms with Crippen molar-refractivity contribution in [1.82, 2.24) is 20.0 Å². The standard InChI is InChI=1S/C23H26ClF4N5O5/c1-22(2,3)38-21(36)32-11-13(29-19(34)12-37-14-5-6-15(24)16(25)10-14)4-7-17(32)20(35)30-18-8-9-33(31-18)23(26,27)28/h5-6,8-10,13,17H,4,7,11-12H2,1-3H3,(H,29,34)(H,30,31,35)/t13-,17+/m0/s1. The lowest BCUT2D eigenvalue weighted by Crippen LogP contribution is -2.58. The number of piperidine rings is 1. The molecule has 3 rings (SSSR count). The topological polar surface area (TPSA) is 115 Å². The van der Waals surface area contributed by atoms with Crippen molar-refractivity contribution in [3.63, 3.8) is 0 Å². The van der Waals surface area contributed by atoms with E-state index in [0.717, 1.165) is 17.0 Å². The summed E-state index contributed by atoms with van der Waals surface area (Å²) in [4.78, 5) is 39.3. The number of anilines is 1. The van der Waals surface area contributed by atoms with Crippen LogP contribution in [0.5, 0.6) is 5.75 Å². The van der Waals surface area contributed by atoms with Gasteiger partial charge in [0, 0.05) is 30.9 Å². The maximum atomic E-state index is 13.6. The highest BCUT2D eigenvalue weighted by Gasteiger charge is 2.39. The van der Waals surface area contributed by atoms with Crippen molar-refractivity contribution < 1.29 is 41.4 Å². The van der Waals surface area contributed by atoms with E-state index < -0.39 is 54.3 Å². The van der Waals surface area contributed by atoms with Crippen LogP contribution in [0.4, 0.5) is 28.2 Å². The summed E-state index contributed by atoms with van der Waals surface area (Å²) in [6.45, 7) is 4.32. The number of alkyl halides is 3. The van der Waals surface area contributed by atoms with E-state index in [4.69, 9.17) is 21.1 Å². The quantitative estimate of drug-likeness (QED) is 0.513. The Balaban J connectivity index is 1.65. The number of amides is 3. The van der Waals surface area contributed by atoms with Crippen LogP contribution in [0.3, 0.4) is 0 Å². The Morgan fingerprint density at radius 2 is 1.87 bits per heavy atom. The lowest BCUT2D eigenvalue weighted by molar-refractivity contribution is -0.212. The lowest BCUT2D eigenvalue weighted by Gasteiger charge is -2.39. The first-order valence-electron chi connectivity index (χ1n) is 11.4. The largest absolute Gasteiger partial charge is 0.504 e. The molecule has 38 heavy (non-hydrogen) atoms. The summed E-state index contributed by atoms with van der Waals surface area (Å²) in [5.74, 6) is -2.29. The first kappa shape index (κ1) is 29.0. The van der Waals surface area contributed by atoms with Gasteiger partial charge in [0.2, 0.25) is 5.91 Å². The minimum atomic E-state index is -4.76. The van der Waals surface area contributed by atoms with Crippen LogP contribution in [-0.2, 0) is 20.6 Å². The zero-order valence-corrected chi connectivity index (χ0v) is 21.4. The first-order chi connectivity index (χ1) is 17.6. The van der Waals surface area contributed by atoms with E-state index in [1.165, 1.54) is 12.1 Å². The predicted molar refractivity (Wildman–Crippen MR) is 127 cm³/mol. The summed E-state index contributed by atoms with van der Waals surface area (Å²) in [7, 11) is 0. The number of aromatic nitrogens is 2. The molecule has 0 saturated carbocycles. The van der Waals surface area contributed by atoms with E-state index in [1.807, 2.05) is 0 Å². The number of ether oxygens (including phenoxy) is 2. The fraction of sp³-hybridized carbons (Fsp3) is 0.478. The molecule has 1 aromatic heterocycles. The zero-order valence-electron chi connectivity index (χ0n) is 20.6. The summed E-state index contributed by atoms with van der Waals surface area (Å²) in [5, 5.41) is 8.15. The molecule has 1 aliphatic rings. The number of hydrogen-bond acceptors (Lipinski definition) is 6. The summed E-state index contributed by atoms with van der Waals surface area (Å²) in [6.07, 6.45) is -4.62. The van der Waals surface area contributed by atoms with E-state index in [9.17, 15) is 31.9 Å². The molecule has 0 radical (unpaired) electrons. The molecular weight excluding hydrogens is 538 g/mol. The van der Waals surface area contributed by atoms with Gasteiger partial charge >= 0.3 is 12.4 Å². The second-order valence-electron chi connectivity index (χ2n) is 9.46. The molecule has 0 unspecified atom stereocenters. The molecular formula is C23H26ClF4N5O5. The number of nitrogens with one attached hydrogen (secondary N) is 2. The molecule has 2 atom stereocenters. The second-order valence-corrected chi connectivity index (χ2v) is 9.86. The molecule has 10 nitrogen and oxygen atoms in total. The summed E-state index contributed by atoms with van der Waals surface area (Å²) in [6, 6.07) is 2.99. The summed E-state index contributed by atoms with van der Waals surface area (Å²) >= 11 is 5.62. The minimum Gasteiger partial charge on any atom is -0.484 e. The van der Waals surface area contributed by atoms with Gasteiger partial charge in [0.25, 0.3) is 5.91 Å². The van der Waals surface area contributed by atoms with Crippen LogP contribution >= 0.6 is 11.6 Å². The molecule has 1 aliphatic heterocycles. The Kier molecular flexibility index (Phi) is 8.75. The van der Waals surface area contributed by atoms with Crippen molar-refractivity contribution in [1.29, 1.82) is 0 Å². The molecule has 1 saturated heterocycles. The number of carbonyl (C=O) groups is 3. The van der Waals surface area contributed by atoms with Crippen LogP contribution in [0.1, 0.15) is 33.6 Å². The van der Waals surface area contributed by atoms with Crippen LogP contribution in [0.15, 0.2) is 30.5 Å². The number of likely N-dealkylation sites (tertiary alicyclic amines) is 1. The molecule has 15 heteroatoms. The second kappa shape index (κ2) is 11.5. The van der Waals surface area contributed by atoms with Gasteiger partial charge in [-0.15, -0.1) is 18.3 Å². The SMILES string of the molecule is CC(C)(C)OC(=O)N1C[C@@H](NC(=O)COc2ccc(Cl)c(F)c2)CC[C@@H]1C(=O)Nc1ccn(C(F)(F)F)n1. The average Bonchev–Trinajstić information content (AvgIpc) is 3.28. The number of hydrogen-bond donors (Lipinski definition) is 2. The van der Waals surface area contributed by atoms with Crippen molar-refractivity contribution in [3.8, 4) is 5.75 Å². The van der Waals surface area contributed by atoms with Crippen LogP contribution in [0, 0.1) is 5.82 Å². The number of halogens is 5. The maximum Gasteiger partial charge on any atom is 0.504 e. The predicted octanol–water partition coefficient (Wildman–Crippen LogP) is 4.05. The Morgan fingerprint density at radius 3 is 2.47 bits per heavy atom. The first-order valence-corrected chi connectivity index (χ1v) is 11.8. The van der Waals surface area contributed by atoms with Gasteiger partial charge in [-0.1, -0.05) is 11.6 Å². The number of benzene rings is 1. The van der Waals surface area contributed by atoms with Gasteiger partial charge in [-0.05, 0) is 45.7 Å². The fourth-order valence-electron chi connectivity index (χ4n) is 3.61. The van der Waals surface area contributed by atoms with Gasteiger partial charge < -0.3 is 20.1 Å². The van der Waals surface area contributed by atoms with E-state index in [1.54, 1.807) is 20.8 Å². The monoisotopic (exact) mass is 563 g/mol. The van der Waals surface area contributed by atoms with Crippen molar-refractivity contribution >= 4 is 35.3 Å². The van der Waals surface area contributed by atoms with E-state index in [2.05, 4.69) is 15.7 Å². The summed E-state index contributed by atoms with van der Waals surface area (Å²) < 4.78 is 62.4. The van der Waals surface area contributed by atoms with Gasteiger partial charge in [-0.25, -0.2) is 9.18 Å². The third-order valence-corrected chi connectivity index (χ3v) is 5.55. The van der Waals surface area contributed by atoms with E-state index >= 15 is 0 Å². The molecule has 2 aromatic rings. The molecule has 0 spiro atoms. The Hall–Kier alpha value is -3.55. The number of carbonyl (C=O) groups excluding carboxylic acids is 3. The van der Waals surface area contributed by atoms with Crippen molar-refractivity contribution in [2.75, 3.05) is 18.5 Å². The van der Waals surface area contributed by atoms with Crippen molar-refractivity contribution in [3.05, 3.63) is 41.3 Å². The molecule has 2 heterocycles. The Bertz CT molecular complexity index is 1180. The highest BCUT2D eigenvalue weighted by atomic mass is 35.5. The zero-order chi connectivity index (χ0) is 28.3. The molecule has 1 fully saturated rings. The fourth-order valence-corrected chi connectivity index (χ4v) is 3.73. The van der Waals surface area contributed by atoms with Gasteiger partial charge in [0.1, 0.15) is 23.2 Å². The van der Waals surface area contributed by atoms with Crippen LogP contribution < -0.4 is 15.4 Å². The van der Waals surface area contributed by atoms with Gasteiger partial charge in [0.15, 0.2) is 12.4 Å². The molecule has 208 valence electrons. The van der Waals surface area contributed by atoms with Gasteiger partial charge in [0.05, 0.1) is 5.02 Å². The minimum absolute atomic E-state index is 0.0687. The van der Waals surface area contributed by atoms with Crippen LogP contribution in [-0.4, -0.2) is 63.4 Å². The molecule has 0 bridgehead atoms. The number of rotatable bonds is 6. The maximum absolute atomic E-state index is 13.6. The highest BCUT2D eigenvalue weighted by molar-refractivity contribution is 6.30. The van der Waals surface area contributed by atoms with E-state index in [-0.39, 0.29) is 40.7 Å². The summed E-state index contributed by atoms with van der Waals surface area (Å²) in [5.41, 5.74) is -0.901. The molecule has 0 aliphatic carbocycles. The molecule has 1 aromatic carbocycles. The smallest absolute Gasteiger partial charge is 0.484 e. The molecule has 3 amide bonds. The Morgan fingerprint density at radius 1 is 1.16 bits per heavy atom. The average molecular weight is 564 g/mol. The number of nitrogens with zero attached hydrogens (tertiary/aromatic N) is 3. The van der Waals surface area contributed by atoms with Crippen LogP contribution in [0.25, 0.3) is 0 Å². The molecule has 2 N–H and O–H groups in total. The highest BCUT2D eigenvalue weighted by Crippen LogP contribution is 2.25. The normalized spacial score (nSPS) is 18.1. The van der Waals surface area contributed by atoms with Crippen molar-refractivity contribution in [2.24, 2.45) is 0 Å². The third-order valence-electron chi connectivity index (χ3n) is 5.24. The van der Waals surface area contributed by atoms with Crippen molar-refractivity contribution in [2.45, 2.75) is 57.6 Å². The Labute approximate surface area is 220 Å². The third kappa shape index (κ3) is 7.97. The van der Waals surface area contributed by atoms with Gasteiger partial charge in [-0.2, -0.15) is 4.68 Å².